The molecule has 126 valence electrons. The average Bonchev–Trinajstić information content (AvgIpc) is 3.11. The third kappa shape index (κ3) is 3.84. The first kappa shape index (κ1) is 16.3. The summed E-state index contributed by atoms with van der Waals surface area (Å²) >= 11 is 0. The molecule has 2 N–H and O–H groups in total. The molecule has 0 aliphatic carbocycles. The number of methoxy groups -OCH3 is 1. The highest BCUT2D eigenvalue weighted by atomic mass is 16.5. The molecule has 7 nitrogen and oxygen atoms in total. The number of hydrogen-bond acceptors (Lipinski definition) is 5. The number of benzene rings is 2. The summed E-state index contributed by atoms with van der Waals surface area (Å²) < 4.78 is 10.3. The van der Waals surface area contributed by atoms with Crippen LogP contribution in [0, 0.1) is 0 Å². The summed E-state index contributed by atoms with van der Waals surface area (Å²) in [5, 5.41) is 5.18. The van der Waals surface area contributed by atoms with Crippen LogP contribution in [0.3, 0.4) is 0 Å². The van der Waals surface area contributed by atoms with E-state index in [9.17, 15) is 9.59 Å². The minimum atomic E-state index is -0.478. The molecule has 0 aliphatic rings. The maximum absolute atomic E-state index is 12.2. The Labute approximate surface area is 143 Å². The van der Waals surface area contributed by atoms with Crippen LogP contribution in [0.15, 0.2) is 65.3 Å². The lowest BCUT2D eigenvalue weighted by atomic mass is 10.2. The molecule has 7 heteroatoms. The second-order valence-corrected chi connectivity index (χ2v) is 5.01. The number of amides is 2. The van der Waals surface area contributed by atoms with E-state index in [1.54, 1.807) is 48.5 Å². The van der Waals surface area contributed by atoms with Crippen molar-refractivity contribution in [2.24, 2.45) is 0 Å². The van der Waals surface area contributed by atoms with Crippen molar-refractivity contribution in [1.29, 1.82) is 0 Å². The molecule has 3 rings (SSSR count). The number of carbonyl (C=O) groups excluding carboxylic acids is 2. The van der Waals surface area contributed by atoms with Crippen LogP contribution in [0.25, 0.3) is 0 Å². The van der Waals surface area contributed by atoms with Gasteiger partial charge in [0, 0.05) is 5.56 Å². The van der Waals surface area contributed by atoms with Crippen molar-refractivity contribution in [2.45, 2.75) is 0 Å². The molecule has 0 fully saturated rings. The van der Waals surface area contributed by atoms with Crippen LogP contribution in [0.5, 0.6) is 5.75 Å². The minimum Gasteiger partial charge on any atom is -0.495 e. The Morgan fingerprint density at radius 1 is 0.960 bits per heavy atom. The van der Waals surface area contributed by atoms with Crippen molar-refractivity contribution < 1.29 is 18.7 Å². The minimum absolute atomic E-state index is 0.0364. The van der Waals surface area contributed by atoms with E-state index in [2.05, 4.69) is 15.6 Å². The lowest BCUT2D eigenvalue weighted by Crippen LogP contribution is -2.14. The molecular formula is C18H15N3O4. The van der Waals surface area contributed by atoms with E-state index in [1.165, 1.54) is 13.4 Å². The topological polar surface area (TPSA) is 93.5 Å². The molecule has 25 heavy (non-hydrogen) atoms. The summed E-state index contributed by atoms with van der Waals surface area (Å²) in [6.07, 6.45) is 1.17. The van der Waals surface area contributed by atoms with Gasteiger partial charge in [0.25, 0.3) is 11.8 Å². The van der Waals surface area contributed by atoms with Gasteiger partial charge in [-0.1, -0.05) is 30.3 Å². The summed E-state index contributed by atoms with van der Waals surface area (Å²) in [6, 6.07) is 15.6. The molecule has 0 aliphatic heterocycles. The maximum atomic E-state index is 12.2. The number of nitrogens with zero attached hydrogens (tertiary/aromatic N) is 1. The number of carbonyl (C=O) groups is 2. The number of para-hydroxylation sites is 2. The van der Waals surface area contributed by atoms with Gasteiger partial charge in [-0.05, 0) is 24.3 Å². The number of oxazole rings is 1. The number of ether oxygens (including phenoxy) is 1. The quantitative estimate of drug-likeness (QED) is 0.746. The Hall–Kier alpha value is -3.61. The molecule has 1 aromatic heterocycles. The SMILES string of the molecule is COc1ccccc1NC(=O)c1coc(NC(=O)c2ccccc2)n1. The lowest BCUT2D eigenvalue weighted by molar-refractivity contribution is 0.101. The Morgan fingerprint density at radius 3 is 2.44 bits per heavy atom. The molecular weight excluding hydrogens is 322 g/mol. The summed E-state index contributed by atoms with van der Waals surface area (Å²) in [5.74, 6) is -0.329. The number of hydrogen-bond donors (Lipinski definition) is 2. The first-order valence-corrected chi connectivity index (χ1v) is 7.43. The summed E-state index contributed by atoms with van der Waals surface area (Å²) in [4.78, 5) is 28.3. The third-order valence-corrected chi connectivity index (χ3v) is 3.35. The van der Waals surface area contributed by atoms with Crippen molar-refractivity contribution in [3.63, 3.8) is 0 Å². The second-order valence-electron chi connectivity index (χ2n) is 5.01. The molecule has 2 aromatic carbocycles. The standard InChI is InChI=1S/C18H15N3O4/c1-24-15-10-6-5-9-13(15)19-17(23)14-11-25-18(20-14)21-16(22)12-7-3-2-4-8-12/h2-11H,1H3,(H,19,23)(H,20,21,22). The average molecular weight is 337 g/mol. The van der Waals surface area contributed by atoms with Crippen LogP contribution in [0.2, 0.25) is 0 Å². The number of anilines is 2. The fourth-order valence-electron chi connectivity index (χ4n) is 2.13. The third-order valence-electron chi connectivity index (χ3n) is 3.35. The molecule has 0 saturated carbocycles. The van der Waals surface area contributed by atoms with Gasteiger partial charge in [0.2, 0.25) is 0 Å². The van der Waals surface area contributed by atoms with Gasteiger partial charge in [-0.2, -0.15) is 4.98 Å². The summed E-state index contributed by atoms with van der Waals surface area (Å²) in [5.41, 5.74) is 1.00. The summed E-state index contributed by atoms with van der Waals surface area (Å²) in [7, 11) is 1.51. The van der Waals surface area contributed by atoms with E-state index in [4.69, 9.17) is 9.15 Å². The van der Waals surface area contributed by atoms with Gasteiger partial charge in [-0.3, -0.25) is 14.9 Å². The first-order chi connectivity index (χ1) is 12.2. The zero-order valence-electron chi connectivity index (χ0n) is 13.4. The van der Waals surface area contributed by atoms with Crippen molar-refractivity contribution in [3.8, 4) is 5.75 Å². The normalized spacial score (nSPS) is 10.1. The molecule has 0 saturated heterocycles. The molecule has 0 unspecified atom stereocenters. The van der Waals surface area contributed by atoms with Gasteiger partial charge >= 0.3 is 6.01 Å². The Balaban J connectivity index is 1.68. The molecule has 0 bridgehead atoms. The predicted molar refractivity (Wildman–Crippen MR) is 91.8 cm³/mol. The van der Waals surface area contributed by atoms with Gasteiger partial charge in [0.1, 0.15) is 12.0 Å². The molecule has 2 amide bonds. The zero-order chi connectivity index (χ0) is 17.6. The number of rotatable bonds is 5. The highest BCUT2D eigenvalue weighted by Crippen LogP contribution is 2.23. The van der Waals surface area contributed by atoms with Gasteiger partial charge in [-0.15, -0.1) is 0 Å². The predicted octanol–water partition coefficient (Wildman–Crippen LogP) is 3.19. The van der Waals surface area contributed by atoms with Crippen molar-refractivity contribution in [1.82, 2.24) is 4.98 Å². The first-order valence-electron chi connectivity index (χ1n) is 7.43. The largest absolute Gasteiger partial charge is 0.495 e. The maximum Gasteiger partial charge on any atom is 0.302 e. The van der Waals surface area contributed by atoms with Crippen LogP contribution in [0.4, 0.5) is 11.7 Å². The fourth-order valence-corrected chi connectivity index (χ4v) is 2.13. The van der Waals surface area contributed by atoms with E-state index in [-0.39, 0.29) is 17.6 Å². The zero-order valence-corrected chi connectivity index (χ0v) is 13.4. The summed E-state index contributed by atoms with van der Waals surface area (Å²) in [6.45, 7) is 0. The van der Waals surface area contributed by atoms with E-state index < -0.39 is 5.91 Å². The van der Waals surface area contributed by atoms with E-state index in [1.807, 2.05) is 6.07 Å². The molecule has 3 aromatic rings. The smallest absolute Gasteiger partial charge is 0.302 e. The van der Waals surface area contributed by atoms with Crippen molar-refractivity contribution in [3.05, 3.63) is 72.1 Å². The molecule has 1 heterocycles. The molecule has 0 atom stereocenters. The highest BCUT2D eigenvalue weighted by molar-refractivity contribution is 6.05. The van der Waals surface area contributed by atoms with Gasteiger partial charge in [-0.25, -0.2) is 0 Å². The van der Waals surface area contributed by atoms with E-state index in [0.29, 0.717) is 17.0 Å². The Kier molecular flexibility index (Phi) is 4.75. The van der Waals surface area contributed by atoms with Crippen LogP contribution in [-0.2, 0) is 0 Å². The lowest BCUT2D eigenvalue weighted by Gasteiger charge is -2.08. The fraction of sp³-hybridized carbons (Fsp3) is 0.0556. The highest BCUT2D eigenvalue weighted by Gasteiger charge is 2.16. The van der Waals surface area contributed by atoms with Gasteiger partial charge in [0.15, 0.2) is 5.69 Å². The molecule has 0 spiro atoms. The van der Waals surface area contributed by atoms with Crippen molar-refractivity contribution >= 4 is 23.5 Å². The van der Waals surface area contributed by atoms with Crippen molar-refractivity contribution in [2.75, 3.05) is 17.7 Å². The number of aromatic nitrogens is 1. The van der Waals surface area contributed by atoms with E-state index >= 15 is 0 Å². The van der Waals surface area contributed by atoms with Gasteiger partial charge in [0.05, 0.1) is 12.8 Å². The number of nitrogens with one attached hydrogen (secondary N) is 2. The van der Waals surface area contributed by atoms with E-state index in [0.717, 1.165) is 0 Å². The van der Waals surface area contributed by atoms with Gasteiger partial charge < -0.3 is 14.5 Å². The van der Waals surface area contributed by atoms with Crippen LogP contribution >= 0.6 is 0 Å². The second kappa shape index (κ2) is 7.31. The molecule has 0 radical (unpaired) electrons. The Morgan fingerprint density at radius 2 is 1.68 bits per heavy atom. The van der Waals surface area contributed by atoms with Crippen LogP contribution in [-0.4, -0.2) is 23.9 Å². The van der Waals surface area contributed by atoms with Crippen LogP contribution < -0.4 is 15.4 Å². The monoisotopic (exact) mass is 337 g/mol. The van der Waals surface area contributed by atoms with Crippen LogP contribution in [0.1, 0.15) is 20.8 Å². The Bertz CT molecular complexity index is 890.